The van der Waals surface area contributed by atoms with Crippen molar-refractivity contribution < 1.29 is 9.53 Å². The SMILES string of the molecule is CC.COc1ccc(N2CCN(C)CCC2=O)cc1. The van der Waals surface area contributed by atoms with Crippen LogP contribution in [0.4, 0.5) is 5.69 Å². The predicted molar refractivity (Wildman–Crippen MR) is 78.8 cm³/mol. The fourth-order valence-corrected chi connectivity index (χ4v) is 1.96. The van der Waals surface area contributed by atoms with Crippen LogP contribution in [0.25, 0.3) is 0 Å². The summed E-state index contributed by atoms with van der Waals surface area (Å²) in [5.41, 5.74) is 0.950. The zero-order valence-electron chi connectivity index (χ0n) is 12.3. The Balaban J connectivity index is 0.000000861. The van der Waals surface area contributed by atoms with Crippen molar-refractivity contribution in [2.45, 2.75) is 20.3 Å². The Morgan fingerprint density at radius 1 is 1.05 bits per heavy atom. The van der Waals surface area contributed by atoms with Crippen molar-refractivity contribution in [1.82, 2.24) is 4.90 Å². The zero-order valence-corrected chi connectivity index (χ0v) is 12.3. The first-order valence-electron chi connectivity index (χ1n) is 6.83. The van der Waals surface area contributed by atoms with Crippen LogP contribution < -0.4 is 9.64 Å². The van der Waals surface area contributed by atoms with Gasteiger partial charge in [-0.05, 0) is 31.3 Å². The third-order valence-electron chi connectivity index (χ3n) is 3.10. The molecule has 0 aliphatic carbocycles. The van der Waals surface area contributed by atoms with Gasteiger partial charge in [-0.15, -0.1) is 0 Å². The van der Waals surface area contributed by atoms with Gasteiger partial charge in [0, 0.05) is 31.7 Å². The van der Waals surface area contributed by atoms with Gasteiger partial charge in [-0.1, -0.05) is 13.8 Å². The summed E-state index contributed by atoms with van der Waals surface area (Å²) in [6.07, 6.45) is 0.586. The highest BCUT2D eigenvalue weighted by Crippen LogP contribution is 2.20. The summed E-state index contributed by atoms with van der Waals surface area (Å²) in [6, 6.07) is 7.64. The molecule has 0 saturated carbocycles. The average Bonchev–Trinajstić information content (AvgIpc) is 2.63. The summed E-state index contributed by atoms with van der Waals surface area (Å²) in [5, 5.41) is 0. The highest BCUT2D eigenvalue weighted by molar-refractivity contribution is 5.93. The summed E-state index contributed by atoms with van der Waals surface area (Å²) >= 11 is 0. The molecule has 1 fully saturated rings. The third-order valence-corrected chi connectivity index (χ3v) is 3.10. The van der Waals surface area contributed by atoms with Gasteiger partial charge in [0.25, 0.3) is 0 Å². The molecule has 1 aromatic rings. The Bertz CT molecular complexity index is 390. The van der Waals surface area contributed by atoms with Gasteiger partial charge in [0.05, 0.1) is 7.11 Å². The molecule has 0 aromatic heterocycles. The topological polar surface area (TPSA) is 32.8 Å². The van der Waals surface area contributed by atoms with E-state index in [2.05, 4.69) is 4.90 Å². The van der Waals surface area contributed by atoms with Gasteiger partial charge in [0.1, 0.15) is 5.75 Å². The smallest absolute Gasteiger partial charge is 0.228 e. The Labute approximate surface area is 116 Å². The van der Waals surface area contributed by atoms with Crippen LogP contribution in [-0.4, -0.2) is 44.6 Å². The molecule has 19 heavy (non-hydrogen) atoms. The molecule has 106 valence electrons. The third kappa shape index (κ3) is 4.24. The standard InChI is InChI=1S/C13H18N2O2.C2H6/c1-14-8-7-13(16)15(10-9-14)11-3-5-12(17-2)6-4-11;1-2/h3-6H,7-10H2,1-2H3;1-2H3. The Morgan fingerprint density at radius 3 is 2.26 bits per heavy atom. The molecular weight excluding hydrogens is 240 g/mol. The van der Waals surface area contributed by atoms with E-state index in [1.165, 1.54) is 0 Å². The van der Waals surface area contributed by atoms with E-state index >= 15 is 0 Å². The minimum absolute atomic E-state index is 0.194. The zero-order chi connectivity index (χ0) is 14.3. The minimum Gasteiger partial charge on any atom is -0.497 e. The Morgan fingerprint density at radius 2 is 1.68 bits per heavy atom. The quantitative estimate of drug-likeness (QED) is 0.822. The van der Waals surface area contributed by atoms with Crippen molar-refractivity contribution in [3.05, 3.63) is 24.3 Å². The van der Waals surface area contributed by atoms with Crippen LogP contribution in [0.15, 0.2) is 24.3 Å². The molecule has 0 N–H and O–H groups in total. The molecule has 0 atom stereocenters. The van der Waals surface area contributed by atoms with Crippen LogP contribution in [0.3, 0.4) is 0 Å². The molecule has 1 heterocycles. The second-order valence-electron chi connectivity index (χ2n) is 4.30. The molecule has 0 unspecified atom stereocenters. The number of anilines is 1. The van der Waals surface area contributed by atoms with Crippen molar-refractivity contribution in [3.63, 3.8) is 0 Å². The average molecular weight is 264 g/mol. The molecule has 0 bridgehead atoms. The maximum absolute atomic E-state index is 12.0. The van der Waals surface area contributed by atoms with Crippen molar-refractivity contribution >= 4 is 11.6 Å². The molecule has 0 spiro atoms. The Kier molecular flexibility index (Phi) is 6.36. The number of benzene rings is 1. The number of amides is 1. The number of methoxy groups -OCH3 is 1. The minimum atomic E-state index is 0.194. The summed E-state index contributed by atoms with van der Waals surface area (Å²) in [7, 11) is 3.69. The largest absolute Gasteiger partial charge is 0.497 e. The van der Waals surface area contributed by atoms with Crippen molar-refractivity contribution in [2.75, 3.05) is 38.7 Å². The van der Waals surface area contributed by atoms with E-state index < -0.39 is 0 Å². The molecule has 1 aromatic carbocycles. The normalized spacial score (nSPS) is 16.4. The lowest BCUT2D eigenvalue weighted by atomic mass is 10.2. The second kappa shape index (κ2) is 7.79. The van der Waals surface area contributed by atoms with Crippen LogP contribution in [0, 0.1) is 0 Å². The lowest BCUT2D eigenvalue weighted by Gasteiger charge is -2.21. The molecule has 4 nitrogen and oxygen atoms in total. The molecule has 4 heteroatoms. The number of hydrogen-bond donors (Lipinski definition) is 0. The summed E-state index contributed by atoms with van der Waals surface area (Å²) < 4.78 is 5.11. The molecule has 1 aliphatic rings. The monoisotopic (exact) mass is 264 g/mol. The molecule has 1 aliphatic heterocycles. The lowest BCUT2D eigenvalue weighted by Crippen LogP contribution is -2.32. The van der Waals surface area contributed by atoms with E-state index in [4.69, 9.17) is 4.74 Å². The van der Waals surface area contributed by atoms with E-state index in [9.17, 15) is 4.79 Å². The van der Waals surface area contributed by atoms with Gasteiger partial charge >= 0.3 is 0 Å². The van der Waals surface area contributed by atoms with Gasteiger partial charge in [-0.25, -0.2) is 0 Å². The van der Waals surface area contributed by atoms with Crippen molar-refractivity contribution in [3.8, 4) is 5.75 Å². The fourth-order valence-electron chi connectivity index (χ4n) is 1.96. The van der Waals surface area contributed by atoms with E-state index in [1.807, 2.05) is 50.1 Å². The van der Waals surface area contributed by atoms with E-state index in [0.29, 0.717) is 6.42 Å². The molecule has 0 radical (unpaired) electrons. The van der Waals surface area contributed by atoms with E-state index in [-0.39, 0.29) is 5.91 Å². The summed E-state index contributed by atoms with van der Waals surface area (Å²) in [5.74, 6) is 1.01. The van der Waals surface area contributed by atoms with Crippen LogP contribution in [0.1, 0.15) is 20.3 Å². The molecule has 1 amide bonds. The number of nitrogens with zero attached hydrogens (tertiary/aromatic N) is 2. The van der Waals surface area contributed by atoms with E-state index in [1.54, 1.807) is 7.11 Å². The highest BCUT2D eigenvalue weighted by Gasteiger charge is 2.20. The highest BCUT2D eigenvalue weighted by atomic mass is 16.5. The maximum Gasteiger partial charge on any atom is 0.228 e. The maximum atomic E-state index is 12.0. The van der Waals surface area contributed by atoms with Crippen LogP contribution in [0.2, 0.25) is 0 Å². The second-order valence-corrected chi connectivity index (χ2v) is 4.30. The van der Waals surface area contributed by atoms with Gasteiger partial charge in [0.15, 0.2) is 0 Å². The molecule has 2 rings (SSSR count). The first kappa shape index (κ1) is 15.5. The van der Waals surface area contributed by atoms with Crippen molar-refractivity contribution in [1.29, 1.82) is 0 Å². The van der Waals surface area contributed by atoms with Crippen LogP contribution in [0.5, 0.6) is 5.75 Å². The van der Waals surface area contributed by atoms with E-state index in [0.717, 1.165) is 31.1 Å². The summed E-state index contributed by atoms with van der Waals surface area (Å²) in [6.45, 7) is 6.50. The number of hydrogen-bond acceptors (Lipinski definition) is 3. The summed E-state index contributed by atoms with van der Waals surface area (Å²) in [4.78, 5) is 16.0. The lowest BCUT2D eigenvalue weighted by molar-refractivity contribution is -0.118. The predicted octanol–water partition coefficient (Wildman–Crippen LogP) is 2.39. The molecular formula is C15H24N2O2. The van der Waals surface area contributed by atoms with Gasteiger partial charge in [0.2, 0.25) is 5.91 Å². The number of rotatable bonds is 2. The Hall–Kier alpha value is -1.55. The van der Waals surface area contributed by atoms with Gasteiger partial charge < -0.3 is 14.5 Å². The van der Waals surface area contributed by atoms with Gasteiger partial charge in [-0.2, -0.15) is 0 Å². The van der Waals surface area contributed by atoms with Crippen LogP contribution in [-0.2, 0) is 4.79 Å². The molecule has 1 saturated heterocycles. The number of carbonyl (C=O) groups excluding carboxylic acids is 1. The number of likely N-dealkylation sites (N-methyl/N-ethyl adjacent to an activating group) is 1. The van der Waals surface area contributed by atoms with Crippen molar-refractivity contribution in [2.24, 2.45) is 0 Å². The fraction of sp³-hybridized carbons (Fsp3) is 0.533. The first-order valence-corrected chi connectivity index (χ1v) is 6.83. The number of ether oxygens (including phenoxy) is 1. The number of carbonyl (C=O) groups is 1. The first-order chi connectivity index (χ1) is 9.20. The van der Waals surface area contributed by atoms with Gasteiger partial charge in [-0.3, -0.25) is 4.79 Å². The van der Waals surface area contributed by atoms with Crippen LogP contribution >= 0.6 is 0 Å².